The standard InChI is InChI=1S/C22H24F3N7O/c1-22(12-33-13-22)31-7-5-30(6-8-31)19-10-15(20(24)25)9-18(27-19)28-21-26-14-32(29-21)17-4-2-3-16(23)11-17/h2-4,9-11,14,20H,5-8,12-13H2,1H3,(H,27,28,29). The fourth-order valence-electron chi connectivity index (χ4n) is 4.12. The first-order valence-electron chi connectivity index (χ1n) is 10.7. The zero-order chi connectivity index (χ0) is 23.0. The number of hydrogen-bond donors (Lipinski definition) is 1. The summed E-state index contributed by atoms with van der Waals surface area (Å²) in [4.78, 5) is 13.1. The number of aromatic nitrogens is 4. The molecule has 0 amide bonds. The number of piperazine rings is 1. The number of alkyl halides is 2. The van der Waals surface area contributed by atoms with Crippen molar-refractivity contribution in [1.82, 2.24) is 24.6 Å². The topological polar surface area (TPSA) is 71.3 Å². The van der Waals surface area contributed by atoms with Gasteiger partial charge in [-0.15, -0.1) is 5.10 Å². The van der Waals surface area contributed by atoms with Gasteiger partial charge in [-0.1, -0.05) is 6.07 Å². The van der Waals surface area contributed by atoms with Crippen LogP contribution < -0.4 is 10.2 Å². The van der Waals surface area contributed by atoms with Crippen molar-refractivity contribution >= 4 is 17.6 Å². The highest BCUT2D eigenvalue weighted by atomic mass is 19.3. The van der Waals surface area contributed by atoms with E-state index in [1.165, 1.54) is 35.3 Å². The molecule has 2 aliphatic rings. The van der Waals surface area contributed by atoms with E-state index >= 15 is 0 Å². The first kappa shape index (κ1) is 21.7. The lowest BCUT2D eigenvalue weighted by Crippen LogP contribution is -2.64. The maximum Gasteiger partial charge on any atom is 0.264 e. The van der Waals surface area contributed by atoms with Gasteiger partial charge >= 0.3 is 0 Å². The Balaban J connectivity index is 1.33. The zero-order valence-corrected chi connectivity index (χ0v) is 18.1. The highest BCUT2D eigenvalue weighted by Gasteiger charge is 2.40. The minimum absolute atomic E-state index is 0.0587. The Morgan fingerprint density at radius 1 is 1.09 bits per heavy atom. The average molecular weight is 459 g/mol. The number of ether oxygens (including phenoxy) is 1. The SMILES string of the molecule is CC1(N2CCN(c3cc(C(F)F)cc(Nc4ncn(-c5cccc(F)c5)n4)n3)CC2)COC1. The third-order valence-electron chi connectivity index (χ3n) is 6.08. The normalized spacial score (nSPS) is 18.4. The lowest BCUT2D eigenvalue weighted by Gasteiger charge is -2.50. The van der Waals surface area contributed by atoms with Crippen molar-refractivity contribution in [2.45, 2.75) is 18.9 Å². The smallest absolute Gasteiger partial charge is 0.264 e. The molecule has 2 fully saturated rings. The van der Waals surface area contributed by atoms with E-state index in [-0.39, 0.29) is 22.9 Å². The van der Waals surface area contributed by atoms with Crippen LogP contribution in [0.5, 0.6) is 0 Å². The van der Waals surface area contributed by atoms with Gasteiger partial charge in [-0.3, -0.25) is 4.90 Å². The number of nitrogens with one attached hydrogen (secondary N) is 1. The van der Waals surface area contributed by atoms with Gasteiger partial charge in [-0.05, 0) is 37.3 Å². The van der Waals surface area contributed by atoms with Crippen molar-refractivity contribution in [2.24, 2.45) is 0 Å². The molecule has 1 aromatic carbocycles. The van der Waals surface area contributed by atoms with Gasteiger partial charge in [-0.2, -0.15) is 4.98 Å². The summed E-state index contributed by atoms with van der Waals surface area (Å²) >= 11 is 0. The van der Waals surface area contributed by atoms with Gasteiger partial charge in [0.05, 0.1) is 24.4 Å². The molecule has 3 aromatic rings. The first-order valence-corrected chi connectivity index (χ1v) is 10.7. The zero-order valence-electron chi connectivity index (χ0n) is 18.1. The third-order valence-corrected chi connectivity index (χ3v) is 6.08. The molecular formula is C22H24F3N7O. The van der Waals surface area contributed by atoms with E-state index in [1.54, 1.807) is 12.1 Å². The molecule has 2 aromatic heterocycles. The molecule has 8 nitrogen and oxygen atoms in total. The van der Waals surface area contributed by atoms with Crippen LogP contribution in [0.4, 0.5) is 30.8 Å². The molecule has 1 N–H and O–H groups in total. The van der Waals surface area contributed by atoms with Gasteiger partial charge in [0.15, 0.2) is 0 Å². The lowest BCUT2D eigenvalue weighted by atomic mass is 9.97. The van der Waals surface area contributed by atoms with Crippen molar-refractivity contribution in [1.29, 1.82) is 0 Å². The van der Waals surface area contributed by atoms with Gasteiger partial charge in [0.2, 0.25) is 5.95 Å². The highest BCUT2D eigenvalue weighted by molar-refractivity contribution is 5.56. The van der Waals surface area contributed by atoms with Crippen LogP contribution in [-0.2, 0) is 4.74 Å². The molecule has 33 heavy (non-hydrogen) atoms. The summed E-state index contributed by atoms with van der Waals surface area (Å²) in [5.41, 5.74) is 0.422. The van der Waals surface area contributed by atoms with Crippen LogP contribution in [0.15, 0.2) is 42.7 Å². The van der Waals surface area contributed by atoms with E-state index < -0.39 is 12.2 Å². The second-order valence-corrected chi connectivity index (χ2v) is 8.53. The molecule has 2 aliphatic heterocycles. The number of halogens is 3. The second kappa shape index (κ2) is 8.64. The third kappa shape index (κ3) is 4.51. The van der Waals surface area contributed by atoms with Gasteiger partial charge in [0, 0.05) is 31.7 Å². The van der Waals surface area contributed by atoms with E-state index in [1.807, 2.05) is 4.90 Å². The number of nitrogens with zero attached hydrogens (tertiary/aromatic N) is 6. The molecule has 11 heteroatoms. The van der Waals surface area contributed by atoms with Crippen LogP contribution in [0.1, 0.15) is 18.9 Å². The molecule has 4 heterocycles. The molecule has 0 atom stereocenters. The summed E-state index contributed by atoms with van der Waals surface area (Å²) in [5.74, 6) is 0.482. The largest absolute Gasteiger partial charge is 0.377 e. The molecule has 0 radical (unpaired) electrons. The van der Waals surface area contributed by atoms with Gasteiger partial charge in [0.25, 0.3) is 6.43 Å². The number of anilines is 3. The Labute approximate surface area is 189 Å². The number of pyridine rings is 1. The Kier molecular flexibility index (Phi) is 5.67. The van der Waals surface area contributed by atoms with E-state index in [9.17, 15) is 13.2 Å². The number of benzene rings is 1. The van der Waals surface area contributed by atoms with Crippen molar-refractivity contribution < 1.29 is 17.9 Å². The van der Waals surface area contributed by atoms with Crippen molar-refractivity contribution in [3.8, 4) is 5.69 Å². The fraction of sp³-hybridized carbons (Fsp3) is 0.409. The van der Waals surface area contributed by atoms with Crippen LogP contribution in [0.3, 0.4) is 0 Å². The maximum absolute atomic E-state index is 13.6. The Morgan fingerprint density at radius 2 is 1.88 bits per heavy atom. The van der Waals surface area contributed by atoms with Crippen LogP contribution >= 0.6 is 0 Å². The van der Waals surface area contributed by atoms with Crippen LogP contribution in [0.25, 0.3) is 5.69 Å². The first-order chi connectivity index (χ1) is 15.9. The molecule has 0 aliphatic carbocycles. The fourth-order valence-corrected chi connectivity index (χ4v) is 4.12. The Bertz CT molecular complexity index is 1130. The number of hydrogen-bond acceptors (Lipinski definition) is 7. The van der Waals surface area contributed by atoms with Crippen LogP contribution in [0, 0.1) is 5.82 Å². The summed E-state index contributed by atoms with van der Waals surface area (Å²) in [6, 6.07) is 8.63. The van der Waals surface area contributed by atoms with Gasteiger partial charge in [-0.25, -0.2) is 22.8 Å². The lowest BCUT2D eigenvalue weighted by molar-refractivity contribution is -0.131. The highest BCUT2D eigenvalue weighted by Crippen LogP contribution is 2.30. The molecule has 5 rings (SSSR count). The Hall–Kier alpha value is -3.18. The molecule has 174 valence electrons. The quantitative estimate of drug-likeness (QED) is 0.606. The molecule has 2 saturated heterocycles. The summed E-state index contributed by atoms with van der Waals surface area (Å²) in [7, 11) is 0. The van der Waals surface area contributed by atoms with E-state index in [0.717, 1.165) is 26.3 Å². The van der Waals surface area contributed by atoms with Crippen molar-refractivity contribution in [2.75, 3.05) is 49.6 Å². The maximum atomic E-state index is 13.6. The van der Waals surface area contributed by atoms with Crippen molar-refractivity contribution in [3.63, 3.8) is 0 Å². The molecule has 0 saturated carbocycles. The molecular weight excluding hydrogens is 435 g/mol. The monoisotopic (exact) mass is 459 g/mol. The Morgan fingerprint density at radius 3 is 2.55 bits per heavy atom. The average Bonchev–Trinajstić information content (AvgIpc) is 3.26. The predicted molar refractivity (Wildman–Crippen MR) is 117 cm³/mol. The summed E-state index contributed by atoms with van der Waals surface area (Å²) in [6.45, 7) is 6.60. The molecule has 0 spiro atoms. The minimum Gasteiger partial charge on any atom is -0.377 e. The van der Waals surface area contributed by atoms with Crippen LogP contribution in [-0.4, -0.2) is 69.6 Å². The molecule has 0 unspecified atom stereocenters. The van der Waals surface area contributed by atoms with Crippen LogP contribution in [0.2, 0.25) is 0 Å². The van der Waals surface area contributed by atoms with Gasteiger partial charge in [0.1, 0.15) is 23.8 Å². The van der Waals surface area contributed by atoms with Crippen molar-refractivity contribution in [3.05, 3.63) is 54.1 Å². The summed E-state index contributed by atoms with van der Waals surface area (Å²) < 4.78 is 47.4. The summed E-state index contributed by atoms with van der Waals surface area (Å²) in [5, 5.41) is 7.15. The van der Waals surface area contributed by atoms with E-state index in [4.69, 9.17) is 4.74 Å². The summed E-state index contributed by atoms with van der Waals surface area (Å²) in [6.07, 6.45) is -1.23. The van der Waals surface area contributed by atoms with E-state index in [0.29, 0.717) is 24.6 Å². The minimum atomic E-state index is -2.64. The van der Waals surface area contributed by atoms with E-state index in [2.05, 4.69) is 32.2 Å². The molecule has 0 bridgehead atoms. The predicted octanol–water partition coefficient (Wildman–Crippen LogP) is 3.39. The number of rotatable bonds is 6. The second-order valence-electron chi connectivity index (χ2n) is 8.53. The van der Waals surface area contributed by atoms with Gasteiger partial charge < -0.3 is 15.0 Å².